The highest BCUT2D eigenvalue weighted by molar-refractivity contribution is 5.83. The van der Waals surface area contributed by atoms with Crippen LogP contribution in [0.15, 0.2) is 0 Å². The largest absolute Gasteiger partial charge is 0.368 e. The Kier molecular flexibility index (Phi) is 9.15. The van der Waals surface area contributed by atoms with Crippen LogP contribution in [0.5, 0.6) is 0 Å². The number of carbonyl (C=O) groups is 1. The van der Waals surface area contributed by atoms with Gasteiger partial charge in [-0.05, 0) is 32.6 Å². The van der Waals surface area contributed by atoms with Gasteiger partial charge in [0.05, 0.1) is 6.10 Å². The fourth-order valence-electron chi connectivity index (χ4n) is 2.84. The Labute approximate surface area is 119 Å². The molecule has 2 nitrogen and oxygen atoms in total. The third kappa shape index (κ3) is 7.71. The summed E-state index contributed by atoms with van der Waals surface area (Å²) in [5.41, 5.74) is 0. The predicted octanol–water partition coefficient (Wildman–Crippen LogP) is 5.04. The standard InChI is InChI=1S/C17H32O2/c1-3-4-5-6-7-8-9-10-13-16(18)17-14-11-12-15(2)19-17/h15,17H,3-14H2,1-2H3. The van der Waals surface area contributed by atoms with Crippen molar-refractivity contribution in [1.29, 1.82) is 0 Å². The van der Waals surface area contributed by atoms with E-state index in [1.165, 1.54) is 44.9 Å². The summed E-state index contributed by atoms with van der Waals surface area (Å²) in [6.45, 7) is 4.33. The van der Waals surface area contributed by atoms with E-state index in [4.69, 9.17) is 4.74 Å². The molecule has 2 unspecified atom stereocenters. The highest BCUT2D eigenvalue weighted by Crippen LogP contribution is 2.21. The average Bonchev–Trinajstić information content (AvgIpc) is 2.41. The highest BCUT2D eigenvalue weighted by atomic mass is 16.5. The van der Waals surface area contributed by atoms with Gasteiger partial charge in [0, 0.05) is 6.42 Å². The minimum Gasteiger partial charge on any atom is -0.368 e. The molecule has 0 aromatic heterocycles. The van der Waals surface area contributed by atoms with E-state index in [0.717, 1.165) is 32.1 Å². The van der Waals surface area contributed by atoms with Crippen molar-refractivity contribution in [3.05, 3.63) is 0 Å². The molecule has 19 heavy (non-hydrogen) atoms. The summed E-state index contributed by atoms with van der Waals surface area (Å²) < 4.78 is 5.72. The van der Waals surface area contributed by atoms with Gasteiger partial charge in [-0.25, -0.2) is 0 Å². The molecule has 1 aliphatic rings. The summed E-state index contributed by atoms with van der Waals surface area (Å²) in [6.07, 6.45) is 14.4. The molecule has 0 amide bonds. The van der Waals surface area contributed by atoms with Crippen LogP contribution in [0.4, 0.5) is 0 Å². The topological polar surface area (TPSA) is 26.3 Å². The second-order valence-electron chi connectivity index (χ2n) is 6.06. The SMILES string of the molecule is CCCCCCCCCCC(=O)C1CCCC(C)O1. The van der Waals surface area contributed by atoms with Crippen molar-refractivity contribution >= 4 is 5.78 Å². The van der Waals surface area contributed by atoms with Crippen LogP contribution >= 0.6 is 0 Å². The molecule has 0 saturated carbocycles. The first-order valence-corrected chi connectivity index (χ1v) is 8.42. The van der Waals surface area contributed by atoms with Crippen LogP contribution in [0.3, 0.4) is 0 Å². The first-order chi connectivity index (χ1) is 9.24. The van der Waals surface area contributed by atoms with Gasteiger partial charge >= 0.3 is 0 Å². The molecule has 1 heterocycles. The summed E-state index contributed by atoms with van der Waals surface area (Å²) in [7, 11) is 0. The minimum atomic E-state index is -0.0895. The molecule has 0 radical (unpaired) electrons. The molecule has 0 N–H and O–H groups in total. The zero-order chi connectivity index (χ0) is 13.9. The van der Waals surface area contributed by atoms with Crippen LogP contribution in [0, 0.1) is 0 Å². The molecule has 0 aromatic carbocycles. The predicted molar refractivity (Wildman–Crippen MR) is 80.4 cm³/mol. The second-order valence-corrected chi connectivity index (χ2v) is 6.06. The molecule has 0 aromatic rings. The third-order valence-electron chi connectivity index (χ3n) is 4.11. The summed E-state index contributed by atoms with van der Waals surface area (Å²) in [6, 6.07) is 0. The lowest BCUT2D eigenvalue weighted by molar-refractivity contribution is -0.138. The molecular weight excluding hydrogens is 236 g/mol. The van der Waals surface area contributed by atoms with Gasteiger partial charge in [-0.2, -0.15) is 0 Å². The summed E-state index contributed by atoms with van der Waals surface area (Å²) in [5.74, 6) is 0.345. The maximum atomic E-state index is 12.0. The van der Waals surface area contributed by atoms with Crippen molar-refractivity contribution in [1.82, 2.24) is 0 Å². The minimum absolute atomic E-state index is 0.0895. The maximum absolute atomic E-state index is 12.0. The van der Waals surface area contributed by atoms with Gasteiger partial charge in [0.15, 0.2) is 5.78 Å². The van der Waals surface area contributed by atoms with Gasteiger partial charge in [-0.3, -0.25) is 4.79 Å². The van der Waals surface area contributed by atoms with Gasteiger partial charge < -0.3 is 4.74 Å². The fraction of sp³-hybridized carbons (Fsp3) is 0.941. The van der Waals surface area contributed by atoms with Crippen LogP contribution in [-0.2, 0) is 9.53 Å². The summed E-state index contributed by atoms with van der Waals surface area (Å²) >= 11 is 0. The van der Waals surface area contributed by atoms with Crippen LogP contribution in [0.2, 0.25) is 0 Å². The fourth-order valence-corrected chi connectivity index (χ4v) is 2.84. The number of ether oxygens (including phenoxy) is 1. The van der Waals surface area contributed by atoms with E-state index < -0.39 is 0 Å². The van der Waals surface area contributed by atoms with E-state index in [-0.39, 0.29) is 12.2 Å². The Morgan fingerprint density at radius 2 is 1.63 bits per heavy atom. The highest BCUT2D eigenvalue weighted by Gasteiger charge is 2.24. The van der Waals surface area contributed by atoms with Crippen molar-refractivity contribution in [2.24, 2.45) is 0 Å². The Bertz CT molecular complexity index is 237. The summed E-state index contributed by atoms with van der Waals surface area (Å²) in [5, 5.41) is 0. The number of hydrogen-bond donors (Lipinski definition) is 0. The Morgan fingerprint density at radius 3 is 2.26 bits per heavy atom. The lowest BCUT2D eigenvalue weighted by Crippen LogP contribution is -2.32. The van der Waals surface area contributed by atoms with Crippen molar-refractivity contribution in [2.45, 2.75) is 103 Å². The number of rotatable bonds is 10. The van der Waals surface area contributed by atoms with Crippen LogP contribution in [0.25, 0.3) is 0 Å². The molecule has 1 fully saturated rings. The van der Waals surface area contributed by atoms with Crippen molar-refractivity contribution in [3.8, 4) is 0 Å². The lowest BCUT2D eigenvalue weighted by atomic mass is 9.98. The molecule has 0 aliphatic carbocycles. The smallest absolute Gasteiger partial charge is 0.161 e. The van der Waals surface area contributed by atoms with Crippen molar-refractivity contribution in [3.63, 3.8) is 0 Å². The van der Waals surface area contributed by atoms with E-state index in [1.54, 1.807) is 0 Å². The first-order valence-electron chi connectivity index (χ1n) is 8.42. The van der Waals surface area contributed by atoms with Gasteiger partial charge in [0.25, 0.3) is 0 Å². The molecular formula is C17H32O2. The third-order valence-corrected chi connectivity index (χ3v) is 4.11. The number of unbranched alkanes of at least 4 members (excludes halogenated alkanes) is 7. The molecule has 0 spiro atoms. The van der Waals surface area contributed by atoms with E-state index in [1.807, 2.05) is 0 Å². The second kappa shape index (κ2) is 10.4. The molecule has 1 saturated heterocycles. The van der Waals surface area contributed by atoms with E-state index >= 15 is 0 Å². The van der Waals surface area contributed by atoms with Gasteiger partial charge in [0.1, 0.15) is 6.10 Å². The Hall–Kier alpha value is -0.370. The van der Waals surface area contributed by atoms with Crippen molar-refractivity contribution < 1.29 is 9.53 Å². The monoisotopic (exact) mass is 268 g/mol. The molecule has 2 atom stereocenters. The summed E-state index contributed by atoms with van der Waals surface area (Å²) in [4.78, 5) is 12.0. The van der Waals surface area contributed by atoms with E-state index in [9.17, 15) is 4.79 Å². The number of Topliss-reactive ketones (excluding diaryl/α,β-unsaturated/α-hetero) is 1. The average molecular weight is 268 g/mol. The quantitative estimate of drug-likeness (QED) is 0.519. The molecule has 0 bridgehead atoms. The maximum Gasteiger partial charge on any atom is 0.161 e. The van der Waals surface area contributed by atoms with Crippen LogP contribution in [-0.4, -0.2) is 18.0 Å². The number of carbonyl (C=O) groups excluding carboxylic acids is 1. The van der Waals surface area contributed by atoms with Gasteiger partial charge in [0.2, 0.25) is 0 Å². The van der Waals surface area contributed by atoms with Crippen LogP contribution in [0.1, 0.15) is 90.9 Å². The number of hydrogen-bond acceptors (Lipinski definition) is 2. The molecule has 1 aliphatic heterocycles. The van der Waals surface area contributed by atoms with Crippen LogP contribution < -0.4 is 0 Å². The molecule has 2 heteroatoms. The van der Waals surface area contributed by atoms with E-state index in [0.29, 0.717) is 5.78 Å². The lowest BCUT2D eigenvalue weighted by Gasteiger charge is -2.26. The Balaban J connectivity index is 1.95. The van der Waals surface area contributed by atoms with Crippen molar-refractivity contribution in [2.75, 3.05) is 0 Å². The molecule has 112 valence electrons. The number of ketones is 1. The van der Waals surface area contributed by atoms with Gasteiger partial charge in [-0.1, -0.05) is 51.9 Å². The normalized spacial score (nSPS) is 23.5. The Morgan fingerprint density at radius 1 is 1.00 bits per heavy atom. The molecule has 1 rings (SSSR count). The zero-order valence-electron chi connectivity index (χ0n) is 13.0. The first kappa shape index (κ1) is 16.7. The van der Waals surface area contributed by atoms with Gasteiger partial charge in [-0.15, -0.1) is 0 Å². The zero-order valence-corrected chi connectivity index (χ0v) is 13.0. The van der Waals surface area contributed by atoms with E-state index in [2.05, 4.69) is 13.8 Å².